The van der Waals surface area contributed by atoms with Gasteiger partial charge in [-0.05, 0) is 33.6 Å². The van der Waals surface area contributed by atoms with E-state index in [1.807, 2.05) is 0 Å². The average Bonchev–Trinajstić information content (AvgIpc) is 2.43. The zero-order valence-corrected chi connectivity index (χ0v) is 9.17. The summed E-state index contributed by atoms with van der Waals surface area (Å²) in [5.41, 5.74) is 1.24. The average molecular weight is 180 g/mol. The summed E-state index contributed by atoms with van der Waals surface area (Å²) < 4.78 is 2.24. The lowest BCUT2D eigenvalue weighted by atomic mass is 10.2. The lowest BCUT2D eigenvalue weighted by molar-refractivity contribution is 0.582. The lowest BCUT2D eigenvalue weighted by Gasteiger charge is -2.07. The normalized spacial score (nSPS) is 11.2. The van der Waals surface area contributed by atoms with E-state index in [4.69, 9.17) is 0 Å². The molecule has 0 aliphatic carbocycles. The zero-order valence-electron chi connectivity index (χ0n) is 9.17. The molecule has 74 valence electrons. The highest BCUT2D eigenvalue weighted by Crippen LogP contribution is 2.11. The molecule has 0 aliphatic rings. The summed E-state index contributed by atoms with van der Waals surface area (Å²) in [6, 6.07) is 0.530. The first-order valence-corrected chi connectivity index (χ1v) is 5.19. The van der Waals surface area contributed by atoms with E-state index in [1.54, 1.807) is 0 Å². The summed E-state index contributed by atoms with van der Waals surface area (Å²) >= 11 is 0. The smallest absolute Gasteiger partial charge is 0.106 e. The number of imidazole rings is 1. The number of rotatable bonds is 4. The highest BCUT2D eigenvalue weighted by atomic mass is 15.1. The fourth-order valence-corrected chi connectivity index (χ4v) is 1.55. The first kappa shape index (κ1) is 10.3. The third-order valence-electron chi connectivity index (χ3n) is 2.31. The van der Waals surface area contributed by atoms with Crippen LogP contribution in [0.3, 0.4) is 0 Å². The molecule has 13 heavy (non-hydrogen) atoms. The Labute approximate surface area is 81.0 Å². The van der Waals surface area contributed by atoms with Gasteiger partial charge in [0.25, 0.3) is 0 Å². The second-order valence-electron chi connectivity index (χ2n) is 3.88. The first-order valence-electron chi connectivity index (χ1n) is 5.19. The van der Waals surface area contributed by atoms with E-state index in [2.05, 4.69) is 43.4 Å². The van der Waals surface area contributed by atoms with Crippen molar-refractivity contribution in [2.24, 2.45) is 0 Å². The molecule has 0 saturated heterocycles. The largest absolute Gasteiger partial charge is 0.332 e. The van der Waals surface area contributed by atoms with Gasteiger partial charge < -0.3 is 4.57 Å². The Morgan fingerprint density at radius 2 is 2.15 bits per heavy atom. The maximum Gasteiger partial charge on any atom is 0.106 e. The van der Waals surface area contributed by atoms with Crippen LogP contribution in [0.1, 0.15) is 51.2 Å². The molecule has 0 unspecified atom stereocenters. The Morgan fingerprint density at radius 1 is 1.46 bits per heavy atom. The van der Waals surface area contributed by atoms with Crippen LogP contribution in [0.4, 0.5) is 0 Å². The predicted octanol–water partition coefficient (Wildman–Crippen LogP) is 3.12. The van der Waals surface area contributed by atoms with Crippen LogP contribution < -0.4 is 0 Å². The molecule has 1 aromatic rings. The van der Waals surface area contributed by atoms with Gasteiger partial charge in [-0.3, -0.25) is 0 Å². The molecule has 0 radical (unpaired) electrons. The van der Waals surface area contributed by atoms with Crippen molar-refractivity contribution < 1.29 is 0 Å². The molecule has 2 heteroatoms. The summed E-state index contributed by atoms with van der Waals surface area (Å²) in [6.07, 6.45) is 5.80. The molecule has 0 N–H and O–H groups in total. The molecule has 0 amide bonds. The number of nitrogens with zero attached hydrogens (tertiary/aromatic N) is 2. The molecule has 0 atom stereocenters. The SMILES string of the molecule is CCCCc1cn(C(C)C)c(C)n1. The van der Waals surface area contributed by atoms with Gasteiger partial charge in [0.05, 0.1) is 5.69 Å². The molecule has 1 heterocycles. The van der Waals surface area contributed by atoms with E-state index in [0.717, 1.165) is 12.2 Å². The first-order chi connectivity index (χ1) is 6.15. The molecule has 0 aromatic carbocycles. The summed E-state index contributed by atoms with van der Waals surface area (Å²) in [5, 5.41) is 0. The molecule has 1 aromatic heterocycles. The van der Waals surface area contributed by atoms with Gasteiger partial charge in [0.15, 0.2) is 0 Å². The molecule has 0 spiro atoms. The van der Waals surface area contributed by atoms with Crippen molar-refractivity contribution >= 4 is 0 Å². The van der Waals surface area contributed by atoms with Crippen LogP contribution in [0.25, 0.3) is 0 Å². The quantitative estimate of drug-likeness (QED) is 0.696. The highest BCUT2D eigenvalue weighted by molar-refractivity contribution is 5.04. The molecular formula is C11H20N2. The van der Waals surface area contributed by atoms with Gasteiger partial charge in [-0.1, -0.05) is 13.3 Å². The van der Waals surface area contributed by atoms with Gasteiger partial charge in [-0.25, -0.2) is 4.98 Å². The Hall–Kier alpha value is -0.790. The van der Waals surface area contributed by atoms with E-state index < -0.39 is 0 Å². The van der Waals surface area contributed by atoms with E-state index >= 15 is 0 Å². The minimum absolute atomic E-state index is 0.530. The minimum Gasteiger partial charge on any atom is -0.332 e. The van der Waals surface area contributed by atoms with Crippen molar-refractivity contribution in [1.29, 1.82) is 0 Å². The topological polar surface area (TPSA) is 17.8 Å². The van der Waals surface area contributed by atoms with Crippen LogP contribution in [0.15, 0.2) is 6.20 Å². The molecule has 0 bridgehead atoms. The van der Waals surface area contributed by atoms with Crippen LogP contribution in [0, 0.1) is 6.92 Å². The molecular weight excluding hydrogens is 160 g/mol. The number of aryl methyl sites for hydroxylation is 2. The van der Waals surface area contributed by atoms with Crippen molar-refractivity contribution in [3.8, 4) is 0 Å². The highest BCUT2D eigenvalue weighted by Gasteiger charge is 2.05. The molecule has 1 rings (SSSR count). The van der Waals surface area contributed by atoms with Crippen LogP contribution in [0.5, 0.6) is 0 Å². The molecule has 0 saturated carbocycles. The summed E-state index contributed by atoms with van der Waals surface area (Å²) in [5.74, 6) is 1.14. The zero-order chi connectivity index (χ0) is 9.84. The summed E-state index contributed by atoms with van der Waals surface area (Å²) in [4.78, 5) is 4.53. The van der Waals surface area contributed by atoms with Crippen molar-refractivity contribution in [3.05, 3.63) is 17.7 Å². The maximum atomic E-state index is 4.53. The number of aromatic nitrogens is 2. The standard InChI is InChI=1S/C11H20N2/c1-5-6-7-11-8-13(9(2)3)10(4)12-11/h8-9H,5-7H2,1-4H3. The fraction of sp³-hybridized carbons (Fsp3) is 0.727. The van der Waals surface area contributed by atoms with E-state index in [-0.39, 0.29) is 0 Å². The summed E-state index contributed by atoms with van der Waals surface area (Å²) in [6.45, 7) is 8.68. The van der Waals surface area contributed by atoms with Gasteiger partial charge in [0.2, 0.25) is 0 Å². The van der Waals surface area contributed by atoms with Crippen molar-refractivity contribution in [2.45, 2.75) is 53.0 Å². The van der Waals surface area contributed by atoms with Crippen LogP contribution in [0.2, 0.25) is 0 Å². The van der Waals surface area contributed by atoms with Gasteiger partial charge >= 0.3 is 0 Å². The summed E-state index contributed by atoms with van der Waals surface area (Å²) in [7, 11) is 0. The Morgan fingerprint density at radius 3 is 2.62 bits per heavy atom. The fourth-order valence-electron chi connectivity index (χ4n) is 1.55. The third-order valence-corrected chi connectivity index (χ3v) is 2.31. The van der Waals surface area contributed by atoms with Crippen molar-refractivity contribution in [1.82, 2.24) is 9.55 Å². The van der Waals surface area contributed by atoms with Gasteiger partial charge in [0.1, 0.15) is 5.82 Å². The van der Waals surface area contributed by atoms with E-state index in [0.29, 0.717) is 6.04 Å². The molecule has 2 nitrogen and oxygen atoms in total. The van der Waals surface area contributed by atoms with Gasteiger partial charge in [-0.15, -0.1) is 0 Å². The number of hydrogen-bond donors (Lipinski definition) is 0. The number of unbranched alkanes of at least 4 members (excludes halogenated alkanes) is 1. The minimum atomic E-state index is 0.530. The van der Waals surface area contributed by atoms with Crippen molar-refractivity contribution in [3.63, 3.8) is 0 Å². The van der Waals surface area contributed by atoms with Gasteiger partial charge in [-0.2, -0.15) is 0 Å². The van der Waals surface area contributed by atoms with Crippen LogP contribution in [-0.4, -0.2) is 9.55 Å². The Kier molecular flexibility index (Phi) is 3.52. The third kappa shape index (κ3) is 2.58. The van der Waals surface area contributed by atoms with Gasteiger partial charge in [0, 0.05) is 12.2 Å². The maximum absolute atomic E-state index is 4.53. The second-order valence-corrected chi connectivity index (χ2v) is 3.88. The monoisotopic (exact) mass is 180 g/mol. The molecule has 0 fully saturated rings. The van der Waals surface area contributed by atoms with E-state index in [9.17, 15) is 0 Å². The Balaban J connectivity index is 2.71. The predicted molar refractivity (Wildman–Crippen MR) is 56.0 cm³/mol. The molecule has 0 aliphatic heterocycles. The van der Waals surface area contributed by atoms with Crippen molar-refractivity contribution in [2.75, 3.05) is 0 Å². The lowest BCUT2D eigenvalue weighted by Crippen LogP contribution is -2.00. The number of hydrogen-bond acceptors (Lipinski definition) is 1. The van der Waals surface area contributed by atoms with Crippen LogP contribution >= 0.6 is 0 Å². The van der Waals surface area contributed by atoms with E-state index in [1.165, 1.54) is 18.5 Å². The Bertz CT molecular complexity index is 261. The van der Waals surface area contributed by atoms with Crippen LogP contribution in [-0.2, 0) is 6.42 Å². The second kappa shape index (κ2) is 4.45.